The molecule has 0 amide bonds. The molecule has 0 radical (unpaired) electrons. The second-order valence-corrected chi connectivity index (χ2v) is 7.98. The number of thiazole rings is 1. The van der Waals surface area contributed by atoms with Gasteiger partial charge in [0, 0.05) is 36.3 Å². The van der Waals surface area contributed by atoms with Gasteiger partial charge in [0.2, 0.25) is 0 Å². The fraction of sp³-hybridized carbons (Fsp3) is 0.353. The van der Waals surface area contributed by atoms with Crippen LogP contribution in [0.15, 0.2) is 33.7 Å². The van der Waals surface area contributed by atoms with Crippen LogP contribution in [-0.4, -0.2) is 42.1 Å². The van der Waals surface area contributed by atoms with Crippen LogP contribution < -0.4 is 31.5 Å². The normalized spacial score (nSPS) is 15.2. The topological polar surface area (TPSA) is 151 Å². The van der Waals surface area contributed by atoms with Crippen LogP contribution in [0.2, 0.25) is 0 Å². The van der Waals surface area contributed by atoms with Crippen LogP contribution in [0, 0.1) is 5.92 Å². The summed E-state index contributed by atoms with van der Waals surface area (Å²) in [6.07, 6.45) is 1.79. The van der Waals surface area contributed by atoms with Gasteiger partial charge in [-0.15, -0.1) is 11.3 Å². The lowest BCUT2D eigenvalue weighted by molar-refractivity contribution is 0.0696. The van der Waals surface area contributed by atoms with Crippen molar-refractivity contribution in [2.75, 3.05) is 29.8 Å². The highest BCUT2D eigenvalue weighted by atomic mass is 32.2. The maximum atomic E-state index is 11.1. The Morgan fingerprint density at radius 3 is 2.83 bits per heavy atom. The first-order chi connectivity index (χ1) is 14.0. The fourth-order valence-electron chi connectivity index (χ4n) is 3.06. The van der Waals surface area contributed by atoms with Gasteiger partial charge in [-0.25, -0.2) is 15.6 Å². The van der Waals surface area contributed by atoms with Crippen LogP contribution in [0.25, 0.3) is 0 Å². The molecule has 0 aliphatic carbocycles. The largest absolute Gasteiger partial charge is 0.495 e. The number of anilines is 2. The zero-order valence-electron chi connectivity index (χ0n) is 15.8. The van der Waals surface area contributed by atoms with Crippen molar-refractivity contribution < 1.29 is 14.6 Å². The highest BCUT2D eigenvalue weighted by molar-refractivity contribution is 8.00. The summed E-state index contributed by atoms with van der Waals surface area (Å²) in [7, 11) is 1.50. The molecule has 0 unspecified atom stereocenters. The number of carboxylic acids is 1. The van der Waals surface area contributed by atoms with Crippen LogP contribution in [0.5, 0.6) is 5.75 Å². The van der Waals surface area contributed by atoms with E-state index in [0.717, 1.165) is 36.1 Å². The minimum atomic E-state index is -0.998. The zero-order valence-corrected chi connectivity index (χ0v) is 17.4. The van der Waals surface area contributed by atoms with Crippen LogP contribution in [0.3, 0.4) is 0 Å². The van der Waals surface area contributed by atoms with Crippen molar-refractivity contribution in [1.29, 1.82) is 0 Å². The van der Waals surface area contributed by atoms with E-state index in [1.807, 2.05) is 5.38 Å². The van der Waals surface area contributed by atoms with Gasteiger partial charge < -0.3 is 30.7 Å². The van der Waals surface area contributed by atoms with E-state index in [1.165, 1.54) is 31.2 Å². The number of aromatic nitrogens is 1. The number of nitrogens with one attached hydrogen (secondary N) is 2. The molecule has 1 fully saturated rings. The van der Waals surface area contributed by atoms with Crippen LogP contribution >= 0.6 is 23.3 Å². The average molecular weight is 438 g/mol. The van der Waals surface area contributed by atoms with Gasteiger partial charge in [-0.3, -0.25) is 0 Å². The molecule has 0 saturated carbocycles. The first-order valence-electron chi connectivity index (χ1n) is 8.84. The van der Waals surface area contributed by atoms with Gasteiger partial charge in [-0.1, -0.05) is 0 Å². The van der Waals surface area contributed by atoms with Gasteiger partial charge >= 0.3 is 5.97 Å². The summed E-state index contributed by atoms with van der Waals surface area (Å²) in [4.78, 5) is 18.0. The number of hydrogen-bond acceptors (Lipinski definition) is 10. The number of nitrogens with two attached hydrogens (primary N) is 2. The number of rotatable bonds is 7. The predicted molar refractivity (Wildman–Crippen MR) is 115 cm³/mol. The number of methoxy groups -OCH3 is 1. The Morgan fingerprint density at radius 2 is 2.21 bits per heavy atom. The van der Waals surface area contributed by atoms with E-state index in [0.29, 0.717) is 17.3 Å². The molecule has 1 aromatic heterocycles. The molecular weight excluding hydrogens is 414 g/mol. The number of piperidine rings is 1. The fourth-order valence-corrected chi connectivity index (χ4v) is 4.71. The number of amidine groups is 1. The third-order valence-electron chi connectivity index (χ3n) is 4.62. The third kappa shape index (κ3) is 5.02. The van der Waals surface area contributed by atoms with E-state index >= 15 is 0 Å². The van der Waals surface area contributed by atoms with Crippen molar-refractivity contribution >= 4 is 45.9 Å². The van der Waals surface area contributed by atoms with E-state index in [4.69, 9.17) is 21.5 Å². The number of aromatic carboxylic acids is 1. The molecule has 3 rings (SSSR count). The lowest BCUT2D eigenvalue weighted by Crippen LogP contribution is -2.43. The van der Waals surface area contributed by atoms with Crippen molar-refractivity contribution in [2.24, 2.45) is 22.7 Å². The number of hydrazine groups is 1. The summed E-state index contributed by atoms with van der Waals surface area (Å²) in [6, 6.07) is 4.69. The van der Waals surface area contributed by atoms with Crippen molar-refractivity contribution in [3.05, 3.63) is 29.1 Å². The quantitative estimate of drug-likeness (QED) is 0.143. The summed E-state index contributed by atoms with van der Waals surface area (Å²) in [6.45, 7) is 1.70. The van der Waals surface area contributed by atoms with E-state index in [9.17, 15) is 4.79 Å². The molecule has 0 atom stereocenters. The molecule has 1 aliphatic rings. The number of hydrogen-bond donors (Lipinski definition) is 5. The molecule has 0 spiro atoms. The summed E-state index contributed by atoms with van der Waals surface area (Å²) in [5, 5.41) is 16.5. The highest BCUT2D eigenvalue weighted by Gasteiger charge is 2.24. The minimum absolute atomic E-state index is 0.171. The monoisotopic (exact) mass is 437 g/mol. The summed E-state index contributed by atoms with van der Waals surface area (Å²) >= 11 is 2.93. The summed E-state index contributed by atoms with van der Waals surface area (Å²) < 4.78 is 8.45. The lowest BCUT2D eigenvalue weighted by Gasteiger charge is -2.31. The van der Waals surface area contributed by atoms with Crippen LogP contribution in [0.1, 0.15) is 23.2 Å². The van der Waals surface area contributed by atoms with Gasteiger partial charge in [0.25, 0.3) is 0 Å². The Labute approximate surface area is 176 Å². The van der Waals surface area contributed by atoms with Gasteiger partial charge in [0.1, 0.15) is 16.6 Å². The molecule has 7 N–H and O–H groups in total. The second kappa shape index (κ2) is 9.67. The standard InChI is InChI=1S/C17H23N7O3S2/c1-27-13-8-11(16(25)26)2-3-12(13)23-29-14-9-28-17(20-14)24-6-4-10(5-7-24)15(21-18)22-19/h2-3,8-10,23H,4-7,18-19H2,1H3,(H,21,22)(H,25,26). The van der Waals surface area contributed by atoms with Crippen LogP contribution in [-0.2, 0) is 0 Å². The first-order valence-corrected chi connectivity index (χ1v) is 10.5. The predicted octanol–water partition coefficient (Wildman–Crippen LogP) is 1.92. The number of ether oxygens (including phenoxy) is 1. The summed E-state index contributed by atoms with van der Waals surface area (Å²) in [5.74, 6) is 11.1. The van der Waals surface area contributed by atoms with Crippen molar-refractivity contribution in [1.82, 2.24) is 10.4 Å². The van der Waals surface area contributed by atoms with Gasteiger partial charge in [0.05, 0.1) is 18.4 Å². The molecule has 10 nitrogen and oxygen atoms in total. The van der Waals surface area contributed by atoms with E-state index in [-0.39, 0.29) is 11.5 Å². The maximum Gasteiger partial charge on any atom is 0.335 e. The molecule has 2 aromatic rings. The van der Waals surface area contributed by atoms with E-state index < -0.39 is 5.97 Å². The molecule has 156 valence electrons. The van der Waals surface area contributed by atoms with Crippen molar-refractivity contribution in [3.63, 3.8) is 0 Å². The van der Waals surface area contributed by atoms with Crippen molar-refractivity contribution in [3.8, 4) is 5.75 Å². The average Bonchev–Trinajstić information content (AvgIpc) is 3.22. The number of carboxylic acid groups (broad SMARTS) is 1. The van der Waals surface area contributed by atoms with E-state index in [1.54, 1.807) is 17.4 Å². The molecule has 2 heterocycles. The Bertz CT molecular complexity index is 882. The zero-order chi connectivity index (χ0) is 20.8. The SMILES string of the molecule is COc1cc(C(=O)O)ccc1NSc1csc(N2CCC(/C(=N/N)NN)CC2)n1. The number of nitrogens with zero attached hydrogens (tertiary/aromatic N) is 3. The highest BCUT2D eigenvalue weighted by Crippen LogP contribution is 2.33. The molecule has 1 aromatic carbocycles. The van der Waals surface area contributed by atoms with Gasteiger partial charge in [-0.05, 0) is 31.0 Å². The minimum Gasteiger partial charge on any atom is -0.495 e. The molecule has 12 heteroatoms. The Morgan fingerprint density at radius 1 is 1.45 bits per heavy atom. The number of benzene rings is 1. The van der Waals surface area contributed by atoms with Gasteiger partial charge in [0.15, 0.2) is 5.13 Å². The molecule has 0 bridgehead atoms. The Kier molecular flexibility index (Phi) is 7.01. The van der Waals surface area contributed by atoms with E-state index in [2.05, 4.69) is 25.1 Å². The smallest absolute Gasteiger partial charge is 0.335 e. The Hall–Kier alpha value is -2.70. The second-order valence-electron chi connectivity index (χ2n) is 6.31. The number of hydrazone groups is 1. The van der Waals surface area contributed by atoms with Crippen molar-refractivity contribution in [2.45, 2.75) is 17.9 Å². The van der Waals surface area contributed by atoms with Crippen LogP contribution in [0.4, 0.5) is 10.8 Å². The molecule has 1 aliphatic heterocycles. The molecule has 29 heavy (non-hydrogen) atoms. The maximum absolute atomic E-state index is 11.1. The Balaban J connectivity index is 1.58. The van der Waals surface area contributed by atoms with Gasteiger partial charge in [-0.2, -0.15) is 5.10 Å². The molecule has 1 saturated heterocycles. The molecular formula is C17H23N7O3S2. The number of carbonyl (C=O) groups is 1. The summed E-state index contributed by atoms with van der Waals surface area (Å²) in [5.41, 5.74) is 3.42. The third-order valence-corrected chi connectivity index (χ3v) is 6.42. The first kappa shape index (κ1) is 21.0. The lowest BCUT2D eigenvalue weighted by atomic mass is 9.96.